The van der Waals surface area contributed by atoms with Crippen LogP contribution in [0.15, 0.2) is 42.7 Å². The number of anilines is 1. The van der Waals surface area contributed by atoms with Gasteiger partial charge in [-0.15, -0.1) is 0 Å². The fourth-order valence-corrected chi connectivity index (χ4v) is 5.63. The molecule has 32 heavy (non-hydrogen) atoms. The lowest BCUT2D eigenvalue weighted by molar-refractivity contribution is -0.142. The van der Waals surface area contributed by atoms with Crippen LogP contribution >= 0.6 is 11.3 Å². The largest absolute Gasteiger partial charge is 0.333 e. The van der Waals surface area contributed by atoms with Gasteiger partial charge in [0.15, 0.2) is 11.0 Å². The van der Waals surface area contributed by atoms with Gasteiger partial charge in [0.2, 0.25) is 17.7 Å². The van der Waals surface area contributed by atoms with E-state index in [4.69, 9.17) is 0 Å². The number of rotatable bonds is 5. The van der Waals surface area contributed by atoms with E-state index < -0.39 is 5.91 Å². The Labute approximate surface area is 189 Å². The number of amides is 3. The Morgan fingerprint density at radius 2 is 1.81 bits per heavy atom. The van der Waals surface area contributed by atoms with Gasteiger partial charge in [0.1, 0.15) is 6.54 Å². The van der Waals surface area contributed by atoms with Gasteiger partial charge < -0.3 is 9.88 Å². The maximum Gasteiger partial charge on any atom is 0.246 e. The fraction of sp³-hybridized carbons (Fsp3) is 0.348. The second-order valence-corrected chi connectivity index (χ2v) is 9.23. The Bertz CT molecular complexity index is 1160. The highest BCUT2D eigenvalue weighted by Crippen LogP contribution is 2.39. The molecule has 164 valence electrons. The van der Waals surface area contributed by atoms with Crippen molar-refractivity contribution in [3.05, 3.63) is 42.7 Å². The molecule has 1 saturated heterocycles. The molecule has 1 saturated carbocycles. The number of aryl methyl sites for hydroxylation is 1. The molecule has 8 nitrogen and oxygen atoms in total. The highest BCUT2D eigenvalue weighted by molar-refractivity contribution is 7.19. The number of likely N-dealkylation sites (tertiary alicyclic amines) is 1. The van der Waals surface area contributed by atoms with Gasteiger partial charge in [0.05, 0.1) is 22.4 Å². The number of fused-ring (bicyclic) bond motifs is 1. The predicted octanol–water partition coefficient (Wildman–Crippen LogP) is 3.32. The van der Waals surface area contributed by atoms with Crippen molar-refractivity contribution in [1.82, 2.24) is 19.4 Å². The van der Waals surface area contributed by atoms with Gasteiger partial charge in [0.25, 0.3) is 0 Å². The third-order valence-electron chi connectivity index (χ3n) is 6.18. The first-order valence-corrected chi connectivity index (χ1v) is 11.5. The number of aromatic nitrogens is 3. The average Bonchev–Trinajstić information content (AvgIpc) is 3.48. The van der Waals surface area contributed by atoms with E-state index in [1.807, 2.05) is 48.1 Å². The number of imide groups is 1. The van der Waals surface area contributed by atoms with Crippen LogP contribution in [0.4, 0.5) is 5.13 Å². The number of imidazole rings is 1. The molecular weight excluding hydrogens is 426 g/mol. The van der Waals surface area contributed by atoms with Crippen molar-refractivity contribution in [2.24, 2.45) is 18.9 Å². The summed E-state index contributed by atoms with van der Waals surface area (Å²) in [6, 6.07) is 9.70. The number of hydrogen-bond acceptors (Lipinski definition) is 6. The van der Waals surface area contributed by atoms with Crippen LogP contribution in [0, 0.1) is 11.8 Å². The second-order valence-electron chi connectivity index (χ2n) is 8.23. The van der Waals surface area contributed by atoms with Gasteiger partial charge in [-0.05, 0) is 12.8 Å². The summed E-state index contributed by atoms with van der Waals surface area (Å²) in [7, 11) is 1.90. The summed E-state index contributed by atoms with van der Waals surface area (Å²) in [6.45, 7) is -0.275. The van der Waals surface area contributed by atoms with E-state index in [0.29, 0.717) is 5.13 Å². The summed E-state index contributed by atoms with van der Waals surface area (Å²) >= 11 is 1.32. The van der Waals surface area contributed by atoms with Crippen LogP contribution in [0.3, 0.4) is 0 Å². The van der Waals surface area contributed by atoms with Crippen molar-refractivity contribution < 1.29 is 14.4 Å². The van der Waals surface area contributed by atoms with Crippen molar-refractivity contribution in [3.63, 3.8) is 0 Å². The molecule has 3 amide bonds. The minimum absolute atomic E-state index is 0.215. The number of hydrogen-bond donors (Lipinski definition) is 1. The predicted molar refractivity (Wildman–Crippen MR) is 121 cm³/mol. The third-order valence-corrected chi connectivity index (χ3v) is 7.15. The molecule has 2 aliphatic rings. The topological polar surface area (TPSA) is 97.2 Å². The Morgan fingerprint density at radius 1 is 1.12 bits per heavy atom. The van der Waals surface area contributed by atoms with Crippen LogP contribution in [-0.4, -0.2) is 43.7 Å². The number of carbonyl (C=O) groups excluding carboxylic acids is 3. The lowest BCUT2D eigenvalue weighted by Crippen LogP contribution is -2.38. The summed E-state index contributed by atoms with van der Waals surface area (Å²) in [5, 5.41) is 3.19. The summed E-state index contributed by atoms with van der Waals surface area (Å²) in [5.74, 6) is -0.631. The minimum Gasteiger partial charge on any atom is -0.333 e. The van der Waals surface area contributed by atoms with Crippen molar-refractivity contribution in [2.45, 2.75) is 25.7 Å². The smallest absolute Gasteiger partial charge is 0.246 e. The number of thiazole rings is 1. The monoisotopic (exact) mass is 449 g/mol. The van der Waals surface area contributed by atoms with Gasteiger partial charge >= 0.3 is 0 Å². The molecule has 2 fully saturated rings. The van der Waals surface area contributed by atoms with Gasteiger partial charge in [0, 0.05) is 25.0 Å². The first kappa shape index (κ1) is 20.6. The maximum absolute atomic E-state index is 12.8. The molecule has 3 heterocycles. The van der Waals surface area contributed by atoms with E-state index in [9.17, 15) is 14.4 Å². The summed E-state index contributed by atoms with van der Waals surface area (Å²) in [5.41, 5.74) is 1.63. The lowest BCUT2D eigenvalue weighted by Gasteiger charge is -2.19. The lowest BCUT2D eigenvalue weighted by atomic mass is 9.81. The molecule has 2 unspecified atom stereocenters. The first-order valence-electron chi connectivity index (χ1n) is 10.7. The zero-order chi connectivity index (χ0) is 22.2. The van der Waals surface area contributed by atoms with Gasteiger partial charge in [-0.3, -0.25) is 19.3 Å². The molecule has 0 bridgehead atoms. The highest BCUT2D eigenvalue weighted by Gasteiger charge is 2.48. The quantitative estimate of drug-likeness (QED) is 0.603. The van der Waals surface area contributed by atoms with Crippen LogP contribution in [0.5, 0.6) is 0 Å². The van der Waals surface area contributed by atoms with E-state index in [1.54, 1.807) is 6.20 Å². The molecule has 1 N–H and O–H groups in total. The highest BCUT2D eigenvalue weighted by atomic mass is 32.1. The number of carbonyl (C=O) groups is 3. The van der Waals surface area contributed by atoms with Crippen molar-refractivity contribution in [1.29, 1.82) is 0 Å². The Kier molecular flexibility index (Phi) is 5.34. The van der Waals surface area contributed by atoms with Crippen LogP contribution in [0.1, 0.15) is 25.7 Å². The molecule has 2 atom stereocenters. The third kappa shape index (κ3) is 3.62. The zero-order valence-electron chi connectivity index (χ0n) is 17.7. The summed E-state index contributed by atoms with van der Waals surface area (Å²) in [6.07, 6.45) is 6.94. The van der Waals surface area contributed by atoms with Crippen molar-refractivity contribution >= 4 is 34.2 Å². The van der Waals surface area contributed by atoms with Crippen LogP contribution < -0.4 is 5.32 Å². The van der Waals surface area contributed by atoms with Crippen LogP contribution in [0.25, 0.3) is 22.0 Å². The van der Waals surface area contributed by atoms with Gasteiger partial charge in [-0.25, -0.2) is 9.97 Å². The molecule has 5 rings (SSSR count). The van der Waals surface area contributed by atoms with Crippen molar-refractivity contribution in [3.8, 4) is 22.0 Å². The molecule has 2 aromatic heterocycles. The standard InChI is InChI=1S/C23H23N5O3S/c1-27-12-11-24-20(27)19-18(14-7-3-2-4-8-14)26-23(32-19)25-17(29)13-28-21(30)15-9-5-6-10-16(15)22(28)31/h2-4,7-8,11-12,15-16H,5-6,9-10,13H2,1H3,(H,25,26,29). The summed E-state index contributed by atoms with van der Waals surface area (Å²) in [4.78, 5) is 49.2. The Morgan fingerprint density at radius 3 is 2.44 bits per heavy atom. The van der Waals surface area contributed by atoms with E-state index in [-0.39, 0.29) is 30.2 Å². The average molecular weight is 450 g/mol. The minimum atomic E-state index is -0.426. The van der Waals surface area contributed by atoms with Crippen LogP contribution in [-0.2, 0) is 21.4 Å². The molecule has 0 radical (unpaired) electrons. The number of nitrogens with zero attached hydrogens (tertiary/aromatic N) is 4. The normalized spacial score (nSPS) is 20.5. The molecule has 9 heteroatoms. The van der Waals surface area contributed by atoms with Gasteiger partial charge in [-0.2, -0.15) is 0 Å². The molecule has 1 aromatic carbocycles. The van der Waals surface area contributed by atoms with E-state index in [0.717, 1.165) is 52.5 Å². The molecule has 3 aromatic rings. The summed E-state index contributed by atoms with van der Waals surface area (Å²) < 4.78 is 1.90. The Hall–Kier alpha value is -3.33. The Balaban J connectivity index is 1.38. The first-order chi connectivity index (χ1) is 15.5. The molecular formula is C23H23N5O3S. The van der Waals surface area contributed by atoms with E-state index in [1.165, 1.54) is 11.3 Å². The van der Waals surface area contributed by atoms with Crippen molar-refractivity contribution in [2.75, 3.05) is 11.9 Å². The number of benzene rings is 1. The molecule has 1 aliphatic carbocycles. The zero-order valence-corrected chi connectivity index (χ0v) is 18.5. The van der Waals surface area contributed by atoms with Crippen LogP contribution in [0.2, 0.25) is 0 Å². The van der Waals surface area contributed by atoms with E-state index >= 15 is 0 Å². The fourth-order valence-electron chi connectivity index (χ4n) is 4.59. The van der Waals surface area contributed by atoms with Gasteiger partial charge in [-0.1, -0.05) is 54.5 Å². The molecule has 1 aliphatic heterocycles. The maximum atomic E-state index is 12.8. The second kappa shape index (κ2) is 8.31. The molecule has 0 spiro atoms. The SMILES string of the molecule is Cn1ccnc1-c1sc(NC(=O)CN2C(=O)C3CCCCC3C2=O)nc1-c1ccccc1. The number of nitrogens with one attached hydrogen (secondary N) is 1. The van der Waals surface area contributed by atoms with E-state index in [2.05, 4.69) is 15.3 Å².